The van der Waals surface area contributed by atoms with Crippen LogP contribution in [0.15, 0.2) is 53.4 Å². The number of nitrogens with one attached hydrogen (secondary N) is 2. The van der Waals surface area contributed by atoms with Gasteiger partial charge in [0.1, 0.15) is 19.4 Å². The van der Waals surface area contributed by atoms with E-state index in [1.807, 2.05) is 30.3 Å². The molecule has 1 fully saturated rings. The standard InChI is InChI=1S/C22H25N3O7S/c26-21(23-14-16-5-2-1-3-6-16)22(27)24-15-20-25(9-4-10-32-20)33(28,29)17-7-8-18-19(13-17)31-12-11-30-18/h1-3,5-8,13,20H,4,9-12,14-15H2,(H,23,26)(H,24,27)/t20-/m0/s1. The number of hydrogen-bond acceptors (Lipinski definition) is 7. The summed E-state index contributed by atoms with van der Waals surface area (Å²) in [6.45, 7) is 1.34. The third-order valence-corrected chi connectivity index (χ3v) is 7.10. The Kier molecular flexibility index (Phi) is 7.11. The third kappa shape index (κ3) is 5.44. The summed E-state index contributed by atoms with van der Waals surface area (Å²) in [4.78, 5) is 24.4. The van der Waals surface area contributed by atoms with Crippen molar-refractivity contribution in [3.63, 3.8) is 0 Å². The lowest BCUT2D eigenvalue weighted by Gasteiger charge is -2.34. The lowest BCUT2D eigenvalue weighted by molar-refractivity contribution is -0.140. The first kappa shape index (κ1) is 23.0. The van der Waals surface area contributed by atoms with Crippen LogP contribution in [0.2, 0.25) is 0 Å². The van der Waals surface area contributed by atoms with Crippen LogP contribution in [-0.2, 0) is 30.9 Å². The van der Waals surface area contributed by atoms with Crippen molar-refractivity contribution in [2.45, 2.75) is 24.1 Å². The van der Waals surface area contributed by atoms with E-state index in [2.05, 4.69) is 10.6 Å². The summed E-state index contributed by atoms with van der Waals surface area (Å²) in [5, 5.41) is 5.00. The second-order valence-corrected chi connectivity index (χ2v) is 9.37. The second kappa shape index (κ2) is 10.2. The van der Waals surface area contributed by atoms with Gasteiger partial charge in [0, 0.05) is 19.2 Å². The van der Waals surface area contributed by atoms with E-state index in [0.717, 1.165) is 5.56 Å². The van der Waals surface area contributed by atoms with Gasteiger partial charge in [-0.1, -0.05) is 30.3 Å². The molecule has 2 aliphatic heterocycles. The molecule has 4 rings (SSSR count). The lowest BCUT2D eigenvalue weighted by atomic mass is 10.2. The number of hydrogen-bond donors (Lipinski definition) is 2. The lowest BCUT2D eigenvalue weighted by Crippen LogP contribution is -2.53. The highest BCUT2D eigenvalue weighted by Crippen LogP contribution is 2.34. The number of nitrogens with zero attached hydrogens (tertiary/aromatic N) is 1. The van der Waals surface area contributed by atoms with Gasteiger partial charge < -0.3 is 24.8 Å². The van der Waals surface area contributed by atoms with Gasteiger partial charge in [-0.05, 0) is 24.1 Å². The molecule has 2 aliphatic rings. The Morgan fingerprint density at radius 3 is 2.45 bits per heavy atom. The number of rotatable bonds is 6. The molecule has 0 aromatic heterocycles. The molecule has 0 aliphatic carbocycles. The van der Waals surface area contributed by atoms with Crippen LogP contribution < -0.4 is 20.1 Å². The van der Waals surface area contributed by atoms with E-state index in [9.17, 15) is 18.0 Å². The number of carbonyl (C=O) groups excluding carboxylic acids is 2. The summed E-state index contributed by atoms with van der Waals surface area (Å²) < 4.78 is 44.3. The molecule has 2 amide bonds. The van der Waals surface area contributed by atoms with Gasteiger partial charge in [-0.3, -0.25) is 9.59 Å². The van der Waals surface area contributed by atoms with Crippen LogP contribution in [0.1, 0.15) is 12.0 Å². The Morgan fingerprint density at radius 1 is 0.939 bits per heavy atom. The molecule has 0 unspecified atom stereocenters. The van der Waals surface area contributed by atoms with Gasteiger partial charge in [0.25, 0.3) is 0 Å². The zero-order valence-corrected chi connectivity index (χ0v) is 18.7. The molecular weight excluding hydrogens is 450 g/mol. The third-order valence-electron chi connectivity index (χ3n) is 5.21. The summed E-state index contributed by atoms with van der Waals surface area (Å²) in [6.07, 6.45) is -0.436. The Morgan fingerprint density at radius 2 is 1.67 bits per heavy atom. The molecule has 10 nitrogen and oxygen atoms in total. The fourth-order valence-corrected chi connectivity index (χ4v) is 5.12. The minimum absolute atomic E-state index is 0.0363. The maximum absolute atomic E-state index is 13.3. The van der Waals surface area contributed by atoms with Crippen molar-refractivity contribution in [2.75, 3.05) is 32.9 Å². The van der Waals surface area contributed by atoms with Crippen LogP contribution in [0, 0.1) is 0 Å². The predicted molar refractivity (Wildman–Crippen MR) is 117 cm³/mol. The molecule has 2 aromatic carbocycles. The quantitative estimate of drug-likeness (QED) is 0.588. The van der Waals surface area contributed by atoms with Crippen LogP contribution in [0.3, 0.4) is 0 Å². The number of fused-ring (bicyclic) bond motifs is 1. The van der Waals surface area contributed by atoms with Crippen LogP contribution in [-0.4, -0.2) is 63.7 Å². The van der Waals surface area contributed by atoms with Crippen molar-refractivity contribution in [1.82, 2.24) is 14.9 Å². The largest absolute Gasteiger partial charge is 0.486 e. The van der Waals surface area contributed by atoms with Crippen LogP contribution in [0.25, 0.3) is 0 Å². The molecule has 0 spiro atoms. The average molecular weight is 476 g/mol. The van der Waals surface area contributed by atoms with Gasteiger partial charge in [0.15, 0.2) is 11.5 Å². The van der Waals surface area contributed by atoms with E-state index >= 15 is 0 Å². The Bertz CT molecular complexity index is 1110. The van der Waals surface area contributed by atoms with Gasteiger partial charge in [0.05, 0.1) is 18.0 Å². The van der Waals surface area contributed by atoms with E-state index in [4.69, 9.17) is 14.2 Å². The maximum Gasteiger partial charge on any atom is 0.309 e. The van der Waals surface area contributed by atoms with Crippen LogP contribution >= 0.6 is 0 Å². The first-order valence-electron chi connectivity index (χ1n) is 10.6. The monoisotopic (exact) mass is 475 g/mol. The van der Waals surface area contributed by atoms with Gasteiger partial charge in [-0.2, -0.15) is 4.31 Å². The summed E-state index contributed by atoms with van der Waals surface area (Å²) in [6, 6.07) is 13.6. The minimum atomic E-state index is -3.94. The van der Waals surface area contributed by atoms with E-state index < -0.39 is 28.1 Å². The molecule has 0 bridgehead atoms. The first-order chi connectivity index (χ1) is 15.9. The summed E-state index contributed by atoms with van der Waals surface area (Å²) >= 11 is 0. The highest BCUT2D eigenvalue weighted by Gasteiger charge is 2.35. The van der Waals surface area contributed by atoms with Crippen LogP contribution in [0.5, 0.6) is 11.5 Å². The molecule has 2 heterocycles. The topological polar surface area (TPSA) is 123 Å². The number of amides is 2. The highest BCUT2D eigenvalue weighted by molar-refractivity contribution is 7.89. The molecule has 1 atom stereocenters. The number of sulfonamides is 1. The first-order valence-corrected chi connectivity index (χ1v) is 12.0. The molecule has 11 heteroatoms. The number of ether oxygens (including phenoxy) is 3. The molecular formula is C22H25N3O7S. The summed E-state index contributed by atoms with van der Waals surface area (Å²) in [7, 11) is -3.94. The summed E-state index contributed by atoms with van der Waals surface area (Å²) in [5.74, 6) is -0.826. The van der Waals surface area contributed by atoms with Crippen molar-refractivity contribution in [3.05, 3.63) is 54.1 Å². The van der Waals surface area contributed by atoms with Gasteiger partial charge in [-0.25, -0.2) is 8.42 Å². The maximum atomic E-state index is 13.3. The molecule has 2 N–H and O–H groups in total. The molecule has 33 heavy (non-hydrogen) atoms. The highest BCUT2D eigenvalue weighted by atomic mass is 32.2. The van der Waals surface area contributed by atoms with Gasteiger partial charge in [0.2, 0.25) is 10.0 Å². The zero-order valence-electron chi connectivity index (χ0n) is 17.9. The normalized spacial score (nSPS) is 18.4. The van der Waals surface area contributed by atoms with E-state index in [-0.39, 0.29) is 24.5 Å². The predicted octanol–water partition coefficient (Wildman–Crippen LogP) is 0.627. The van der Waals surface area contributed by atoms with Crippen molar-refractivity contribution < 1.29 is 32.2 Å². The number of benzene rings is 2. The smallest absolute Gasteiger partial charge is 0.309 e. The second-order valence-electron chi connectivity index (χ2n) is 7.48. The SMILES string of the molecule is O=C(NCc1ccccc1)C(=O)NC[C@@H]1OCCCN1S(=O)(=O)c1ccc2c(c1)OCCO2. The molecule has 176 valence electrons. The zero-order chi connectivity index (χ0) is 23.3. The molecule has 1 saturated heterocycles. The van der Waals surface area contributed by atoms with Gasteiger partial charge in [-0.15, -0.1) is 0 Å². The van der Waals surface area contributed by atoms with Crippen LogP contribution in [0.4, 0.5) is 0 Å². The minimum Gasteiger partial charge on any atom is -0.486 e. The Hall–Kier alpha value is -3.15. The fourth-order valence-electron chi connectivity index (χ4n) is 3.54. The molecule has 0 radical (unpaired) electrons. The fraction of sp³-hybridized carbons (Fsp3) is 0.364. The van der Waals surface area contributed by atoms with Crippen molar-refractivity contribution in [2.24, 2.45) is 0 Å². The molecule has 2 aromatic rings. The van der Waals surface area contributed by atoms with Gasteiger partial charge >= 0.3 is 11.8 Å². The average Bonchev–Trinajstić information content (AvgIpc) is 2.86. The van der Waals surface area contributed by atoms with Crippen molar-refractivity contribution in [3.8, 4) is 11.5 Å². The van der Waals surface area contributed by atoms with E-state index in [0.29, 0.717) is 37.7 Å². The molecule has 0 saturated carbocycles. The Balaban J connectivity index is 1.38. The summed E-state index contributed by atoms with van der Waals surface area (Å²) in [5.41, 5.74) is 0.853. The van der Waals surface area contributed by atoms with Crippen molar-refractivity contribution >= 4 is 21.8 Å². The Labute approximate surface area is 191 Å². The van der Waals surface area contributed by atoms with Crippen molar-refractivity contribution in [1.29, 1.82) is 0 Å². The number of carbonyl (C=O) groups is 2. The van der Waals surface area contributed by atoms with E-state index in [1.165, 1.54) is 16.4 Å². The van der Waals surface area contributed by atoms with E-state index in [1.54, 1.807) is 6.07 Å².